The Morgan fingerprint density at radius 2 is 1.91 bits per heavy atom. The number of rotatable bonds is 4. The molecular formula is C24H31ClN2O5. The maximum atomic E-state index is 13.7. The number of benzene rings is 1. The lowest BCUT2D eigenvalue weighted by molar-refractivity contribution is -0.152. The highest BCUT2D eigenvalue weighted by molar-refractivity contribution is 6.33. The smallest absolute Gasteiger partial charge is 0.310 e. The van der Waals surface area contributed by atoms with Crippen molar-refractivity contribution in [2.45, 2.75) is 63.6 Å². The minimum Gasteiger partial charge on any atom is -0.466 e. The van der Waals surface area contributed by atoms with Crippen LogP contribution in [0.1, 0.15) is 62.2 Å². The summed E-state index contributed by atoms with van der Waals surface area (Å²) in [4.78, 5) is 43.0. The summed E-state index contributed by atoms with van der Waals surface area (Å²) >= 11 is 6.35. The van der Waals surface area contributed by atoms with Crippen LogP contribution in [0.15, 0.2) is 24.3 Å². The monoisotopic (exact) mass is 462 g/mol. The summed E-state index contributed by atoms with van der Waals surface area (Å²) in [5.74, 6) is -1.03. The zero-order valence-corrected chi connectivity index (χ0v) is 19.3. The predicted molar refractivity (Wildman–Crippen MR) is 119 cm³/mol. The van der Waals surface area contributed by atoms with Crippen LogP contribution in [0, 0.1) is 5.92 Å². The van der Waals surface area contributed by atoms with Crippen LogP contribution in [0.2, 0.25) is 5.02 Å². The SMILES string of the molecule is CCOC(=O)[C@@H]1CCCN(C(=O)[C@@H]2COC3(CCCCC3)N2C(=O)c2ccccc2Cl)C1. The molecule has 1 spiro atoms. The molecule has 32 heavy (non-hydrogen) atoms. The number of halogens is 1. The second-order valence-electron chi connectivity index (χ2n) is 8.86. The molecule has 174 valence electrons. The molecule has 0 bridgehead atoms. The molecule has 2 saturated heterocycles. The van der Waals surface area contributed by atoms with Crippen LogP contribution in [0.4, 0.5) is 0 Å². The minimum atomic E-state index is -0.773. The Hall–Kier alpha value is -2.12. The van der Waals surface area contributed by atoms with E-state index in [2.05, 4.69) is 0 Å². The lowest BCUT2D eigenvalue weighted by atomic mass is 9.89. The number of ether oxygens (including phenoxy) is 2. The van der Waals surface area contributed by atoms with E-state index in [0.717, 1.165) is 25.7 Å². The Bertz CT molecular complexity index is 870. The van der Waals surface area contributed by atoms with E-state index in [1.165, 1.54) is 0 Å². The van der Waals surface area contributed by atoms with Crippen molar-refractivity contribution in [3.05, 3.63) is 34.9 Å². The van der Waals surface area contributed by atoms with Gasteiger partial charge in [0.1, 0.15) is 11.8 Å². The van der Waals surface area contributed by atoms with Gasteiger partial charge >= 0.3 is 5.97 Å². The molecule has 0 unspecified atom stereocenters. The molecule has 1 aromatic carbocycles. The largest absolute Gasteiger partial charge is 0.466 e. The maximum absolute atomic E-state index is 13.7. The molecule has 2 aliphatic heterocycles. The third-order valence-corrected chi connectivity index (χ3v) is 7.19. The highest BCUT2D eigenvalue weighted by atomic mass is 35.5. The first-order valence-corrected chi connectivity index (χ1v) is 12.0. The fourth-order valence-electron chi connectivity index (χ4n) is 5.26. The molecular weight excluding hydrogens is 432 g/mol. The summed E-state index contributed by atoms with van der Waals surface area (Å²) in [7, 11) is 0. The van der Waals surface area contributed by atoms with E-state index >= 15 is 0 Å². The van der Waals surface area contributed by atoms with Crippen LogP contribution in [0.3, 0.4) is 0 Å². The van der Waals surface area contributed by atoms with Gasteiger partial charge < -0.3 is 14.4 Å². The van der Waals surface area contributed by atoms with Crippen molar-refractivity contribution >= 4 is 29.4 Å². The van der Waals surface area contributed by atoms with Crippen molar-refractivity contribution in [2.24, 2.45) is 5.92 Å². The van der Waals surface area contributed by atoms with E-state index < -0.39 is 11.8 Å². The lowest BCUT2D eigenvalue weighted by Crippen LogP contribution is -2.58. The van der Waals surface area contributed by atoms with E-state index in [4.69, 9.17) is 21.1 Å². The third-order valence-electron chi connectivity index (χ3n) is 6.86. The van der Waals surface area contributed by atoms with Crippen molar-refractivity contribution in [3.8, 4) is 0 Å². The van der Waals surface area contributed by atoms with Gasteiger partial charge in [0.05, 0.1) is 29.7 Å². The number of carbonyl (C=O) groups is 3. The molecule has 3 aliphatic rings. The standard InChI is InChI=1S/C24H31ClN2O5/c1-2-31-23(30)17-9-8-14-26(15-17)22(29)20-16-32-24(12-6-3-7-13-24)27(20)21(28)18-10-4-5-11-19(18)25/h4-5,10-11,17,20H,2-3,6-9,12-16H2,1H3/t17-,20+/m1/s1. The van der Waals surface area contributed by atoms with Gasteiger partial charge in [-0.1, -0.05) is 30.2 Å². The van der Waals surface area contributed by atoms with Crippen molar-refractivity contribution in [3.63, 3.8) is 0 Å². The van der Waals surface area contributed by atoms with Gasteiger partial charge in [-0.15, -0.1) is 0 Å². The summed E-state index contributed by atoms with van der Waals surface area (Å²) in [6.45, 7) is 3.14. The van der Waals surface area contributed by atoms with E-state index in [1.54, 1.807) is 41.0 Å². The number of hydrogen-bond donors (Lipinski definition) is 0. The Morgan fingerprint density at radius 3 is 2.62 bits per heavy atom. The van der Waals surface area contributed by atoms with Crippen molar-refractivity contribution < 1.29 is 23.9 Å². The predicted octanol–water partition coefficient (Wildman–Crippen LogP) is 3.64. The molecule has 8 heteroatoms. The lowest BCUT2D eigenvalue weighted by Gasteiger charge is -2.42. The Labute approximate surface area is 194 Å². The second kappa shape index (κ2) is 9.79. The average Bonchev–Trinajstić information content (AvgIpc) is 3.17. The van der Waals surface area contributed by atoms with Crippen LogP contribution in [-0.4, -0.2) is 65.7 Å². The van der Waals surface area contributed by atoms with Crippen molar-refractivity contribution in [2.75, 3.05) is 26.3 Å². The van der Waals surface area contributed by atoms with Gasteiger partial charge in [0.15, 0.2) is 0 Å². The topological polar surface area (TPSA) is 76.2 Å². The van der Waals surface area contributed by atoms with Crippen LogP contribution >= 0.6 is 11.6 Å². The second-order valence-corrected chi connectivity index (χ2v) is 9.27. The fraction of sp³-hybridized carbons (Fsp3) is 0.625. The van der Waals surface area contributed by atoms with E-state index in [1.807, 2.05) is 0 Å². The van der Waals surface area contributed by atoms with E-state index in [-0.39, 0.29) is 30.3 Å². The van der Waals surface area contributed by atoms with Gasteiger partial charge in [0.2, 0.25) is 5.91 Å². The number of likely N-dealkylation sites (tertiary alicyclic amines) is 1. The van der Waals surface area contributed by atoms with Gasteiger partial charge in [0.25, 0.3) is 5.91 Å². The van der Waals surface area contributed by atoms with E-state index in [0.29, 0.717) is 49.5 Å². The van der Waals surface area contributed by atoms with Gasteiger partial charge in [-0.3, -0.25) is 19.3 Å². The first kappa shape index (κ1) is 23.1. The Morgan fingerprint density at radius 1 is 1.16 bits per heavy atom. The number of hydrogen-bond acceptors (Lipinski definition) is 5. The molecule has 2 amide bonds. The molecule has 2 heterocycles. The molecule has 0 N–H and O–H groups in total. The summed E-state index contributed by atoms with van der Waals surface area (Å²) in [5.41, 5.74) is -0.393. The minimum absolute atomic E-state index is 0.162. The van der Waals surface area contributed by atoms with Crippen LogP contribution in [0.25, 0.3) is 0 Å². The molecule has 1 saturated carbocycles. The van der Waals surface area contributed by atoms with Gasteiger partial charge in [-0.05, 0) is 57.6 Å². The van der Waals surface area contributed by atoms with Crippen molar-refractivity contribution in [1.82, 2.24) is 9.80 Å². The third kappa shape index (κ3) is 4.37. The number of nitrogens with zero attached hydrogens (tertiary/aromatic N) is 2. The van der Waals surface area contributed by atoms with Crippen LogP contribution < -0.4 is 0 Å². The number of piperidine rings is 1. The first-order chi connectivity index (χ1) is 15.5. The highest BCUT2D eigenvalue weighted by Gasteiger charge is 2.54. The summed E-state index contributed by atoms with van der Waals surface area (Å²) in [6, 6.07) is 6.21. The number of carbonyl (C=O) groups excluding carboxylic acids is 3. The molecule has 2 atom stereocenters. The Kier molecular flexibility index (Phi) is 7.05. The van der Waals surface area contributed by atoms with Crippen LogP contribution in [-0.2, 0) is 19.1 Å². The van der Waals surface area contributed by atoms with E-state index in [9.17, 15) is 14.4 Å². The van der Waals surface area contributed by atoms with Crippen LogP contribution in [0.5, 0.6) is 0 Å². The fourth-order valence-corrected chi connectivity index (χ4v) is 5.48. The zero-order valence-electron chi connectivity index (χ0n) is 18.6. The van der Waals surface area contributed by atoms with Crippen molar-refractivity contribution in [1.29, 1.82) is 0 Å². The van der Waals surface area contributed by atoms with Gasteiger partial charge in [-0.2, -0.15) is 0 Å². The quantitative estimate of drug-likeness (QED) is 0.638. The summed E-state index contributed by atoms with van der Waals surface area (Å²) < 4.78 is 11.4. The maximum Gasteiger partial charge on any atom is 0.310 e. The zero-order chi connectivity index (χ0) is 22.7. The average molecular weight is 463 g/mol. The highest BCUT2D eigenvalue weighted by Crippen LogP contribution is 2.42. The van der Waals surface area contributed by atoms with Gasteiger partial charge in [0, 0.05) is 13.1 Å². The molecule has 0 radical (unpaired) electrons. The van der Waals surface area contributed by atoms with Gasteiger partial charge in [-0.25, -0.2) is 0 Å². The summed E-state index contributed by atoms with van der Waals surface area (Å²) in [5, 5.41) is 0.363. The summed E-state index contributed by atoms with van der Waals surface area (Å²) in [6.07, 6.45) is 5.83. The molecule has 7 nitrogen and oxygen atoms in total. The molecule has 1 aromatic rings. The number of amides is 2. The molecule has 1 aliphatic carbocycles. The number of esters is 1. The molecule has 3 fully saturated rings. The molecule has 4 rings (SSSR count). The Balaban J connectivity index is 1.60. The normalized spacial score (nSPS) is 25.1. The first-order valence-electron chi connectivity index (χ1n) is 11.6. The molecule has 0 aromatic heterocycles.